The van der Waals surface area contributed by atoms with E-state index < -0.39 is 17.8 Å². The molecule has 7 nitrogen and oxygen atoms in total. The fourth-order valence-corrected chi connectivity index (χ4v) is 4.11. The molecule has 0 radical (unpaired) electrons. The van der Waals surface area contributed by atoms with Crippen molar-refractivity contribution in [1.29, 1.82) is 0 Å². The molecule has 1 aromatic heterocycles. The van der Waals surface area contributed by atoms with Gasteiger partial charge in [-0.15, -0.1) is 11.3 Å². The van der Waals surface area contributed by atoms with E-state index in [1.807, 2.05) is 0 Å². The van der Waals surface area contributed by atoms with Crippen LogP contribution in [0.15, 0.2) is 36.4 Å². The molecule has 1 atom stereocenters. The van der Waals surface area contributed by atoms with Gasteiger partial charge in [-0.3, -0.25) is 4.79 Å². The number of nitrogens with zero attached hydrogens (tertiary/aromatic N) is 1. The maximum absolute atomic E-state index is 13.2. The highest BCUT2D eigenvalue weighted by Crippen LogP contribution is 2.23. The van der Waals surface area contributed by atoms with Gasteiger partial charge in [0, 0.05) is 25.3 Å². The molecule has 0 bridgehead atoms. The highest BCUT2D eigenvalue weighted by molar-refractivity contribution is 7.15. The SMILES string of the molecule is COC(=O)c1ccc(C(=O)N2CCCC(CNC(=O)Nc3cccc(F)c3)C2)s1. The molecule has 1 saturated heterocycles. The van der Waals surface area contributed by atoms with Crippen molar-refractivity contribution in [1.82, 2.24) is 10.2 Å². The predicted molar refractivity (Wildman–Crippen MR) is 108 cm³/mol. The Labute approximate surface area is 171 Å². The van der Waals surface area contributed by atoms with Crippen molar-refractivity contribution in [2.45, 2.75) is 12.8 Å². The number of nitrogens with one attached hydrogen (secondary N) is 2. The van der Waals surface area contributed by atoms with E-state index in [1.165, 1.54) is 25.3 Å². The summed E-state index contributed by atoms with van der Waals surface area (Å²) < 4.78 is 17.9. The summed E-state index contributed by atoms with van der Waals surface area (Å²) in [7, 11) is 1.30. The largest absolute Gasteiger partial charge is 0.465 e. The lowest BCUT2D eigenvalue weighted by Crippen LogP contribution is -2.44. The molecule has 0 spiro atoms. The van der Waals surface area contributed by atoms with E-state index in [1.54, 1.807) is 23.1 Å². The molecular formula is C20H22FN3O4S. The van der Waals surface area contributed by atoms with Crippen LogP contribution >= 0.6 is 11.3 Å². The van der Waals surface area contributed by atoms with Gasteiger partial charge in [-0.1, -0.05) is 6.07 Å². The van der Waals surface area contributed by atoms with Crippen LogP contribution in [-0.4, -0.2) is 49.6 Å². The standard InChI is InChI=1S/C20H22FN3O4S/c1-28-19(26)17-8-7-16(29-17)18(25)24-9-3-4-13(12-24)11-22-20(27)23-15-6-2-5-14(21)10-15/h2,5-8,10,13H,3-4,9,11-12H2,1H3,(H2,22,23,27). The van der Waals surface area contributed by atoms with Crippen LogP contribution in [0.3, 0.4) is 0 Å². The first-order valence-electron chi connectivity index (χ1n) is 9.24. The van der Waals surface area contributed by atoms with Crippen LogP contribution in [0, 0.1) is 11.7 Å². The van der Waals surface area contributed by atoms with E-state index in [2.05, 4.69) is 15.4 Å². The Morgan fingerprint density at radius 1 is 1.24 bits per heavy atom. The summed E-state index contributed by atoms with van der Waals surface area (Å²) in [5.74, 6) is -0.891. The lowest BCUT2D eigenvalue weighted by Gasteiger charge is -2.32. The van der Waals surface area contributed by atoms with E-state index in [0.717, 1.165) is 24.2 Å². The zero-order chi connectivity index (χ0) is 20.8. The summed E-state index contributed by atoms with van der Waals surface area (Å²) in [4.78, 5) is 39.0. The first-order valence-corrected chi connectivity index (χ1v) is 10.1. The number of esters is 1. The molecule has 2 N–H and O–H groups in total. The zero-order valence-corrected chi connectivity index (χ0v) is 16.8. The molecule has 1 unspecified atom stereocenters. The Morgan fingerprint density at radius 2 is 2.03 bits per heavy atom. The third-order valence-electron chi connectivity index (χ3n) is 4.64. The molecule has 154 valence electrons. The number of urea groups is 1. The Morgan fingerprint density at radius 3 is 2.79 bits per heavy atom. The van der Waals surface area contributed by atoms with E-state index in [0.29, 0.717) is 35.1 Å². The smallest absolute Gasteiger partial charge is 0.348 e. The first-order chi connectivity index (χ1) is 14.0. The van der Waals surface area contributed by atoms with Gasteiger partial charge < -0.3 is 20.3 Å². The molecule has 2 heterocycles. The van der Waals surface area contributed by atoms with Crippen LogP contribution < -0.4 is 10.6 Å². The lowest BCUT2D eigenvalue weighted by molar-refractivity contribution is 0.0605. The van der Waals surface area contributed by atoms with Crippen molar-refractivity contribution in [3.63, 3.8) is 0 Å². The lowest BCUT2D eigenvalue weighted by atomic mass is 9.98. The second kappa shape index (κ2) is 9.51. The van der Waals surface area contributed by atoms with Crippen molar-refractivity contribution in [3.8, 4) is 0 Å². The number of likely N-dealkylation sites (tertiary alicyclic amines) is 1. The second-order valence-electron chi connectivity index (χ2n) is 6.76. The van der Waals surface area contributed by atoms with E-state index in [9.17, 15) is 18.8 Å². The minimum absolute atomic E-state index is 0.117. The molecule has 3 amide bonds. The second-order valence-corrected chi connectivity index (χ2v) is 7.84. The average Bonchev–Trinajstić information content (AvgIpc) is 3.21. The molecule has 29 heavy (non-hydrogen) atoms. The Balaban J connectivity index is 1.51. The van der Waals surface area contributed by atoms with Crippen LogP contribution in [0.25, 0.3) is 0 Å². The molecule has 1 aromatic carbocycles. The number of carbonyl (C=O) groups is 3. The molecule has 0 saturated carbocycles. The van der Waals surface area contributed by atoms with Gasteiger partial charge in [-0.2, -0.15) is 0 Å². The topological polar surface area (TPSA) is 87.7 Å². The monoisotopic (exact) mass is 419 g/mol. The summed E-state index contributed by atoms with van der Waals surface area (Å²) >= 11 is 1.11. The van der Waals surface area contributed by atoms with Crippen LogP contribution in [0.5, 0.6) is 0 Å². The molecule has 0 aliphatic carbocycles. The number of carbonyl (C=O) groups excluding carboxylic acids is 3. The van der Waals surface area contributed by atoms with Gasteiger partial charge in [0.2, 0.25) is 0 Å². The quantitative estimate of drug-likeness (QED) is 0.728. The highest BCUT2D eigenvalue weighted by Gasteiger charge is 2.26. The number of methoxy groups -OCH3 is 1. The van der Waals surface area contributed by atoms with Crippen LogP contribution in [-0.2, 0) is 4.74 Å². The van der Waals surface area contributed by atoms with E-state index in [-0.39, 0.29) is 11.8 Å². The van der Waals surface area contributed by atoms with E-state index in [4.69, 9.17) is 0 Å². The number of ether oxygens (including phenoxy) is 1. The number of hydrogen-bond acceptors (Lipinski definition) is 5. The first kappa shape index (κ1) is 20.8. The molecule has 2 aromatic rings. The minimum atomic E-state index is -0.459. The molecule has 1 aliphatic heterocycles. The molecule has 9 heteroatoms. The molecule has 3 rings (SSSR count). The highest BCUT2D eigenvalue weighted by atomic mass is 32.1. The number of amides is 3. The third-order valence-corrected chi connectivity index (χ3v) is 5.70. The summed E-state index contributed by atoms with van der Waals surface area (Å²) in [6.07, 6.45) is 1.72. The number of rotatable bonds is 5. The molecular weight excluding hydrogens is 397 g/mol. The fourth-order valence-electron chi connectivity index (χ4n) is 3.21. The zero-order valence-electron chi connectivity index (χ0n) is 15.9. The molecule has 1 aliphatic rings. The van der Waals surface area contributed by atoms with Crippen LogP contribution in [0.1, 0.15) is 32.2 Å². The van der Waals surface area contributed by atoms with Crippen molar-refractivity contribution >= 4 is 34.9 Å². The number of benzene rings is 1. The average molecular weight is 419 g/mol. The van der Waals surface area contributed by atoms with Gasteiger partial charge in [-0.25, -0.2) is 14.0 Å². The van der Waals surface area contributed by atoms with Gasteiger partial charge in [-0.05, 0) is 49.1 Å². The fraction of sp³-hybridized carbons (Fsp3) is 0.350. The van der Waals surface area contributed by atoms with Gasteiger partial charge in [0.15, 0.2) is 0 Å². The van der Waals surface area contributed by atoms with E-state index >= 15 is 0 Å². The predicted octanol–water partition coefficient (Wildman–Crippen LogP) is 3.35. The number of halogens is 1. The van der Waals surface area contributed by atoms with Crippen molar-refractivity contribution in [3.05, 3.63) is 52.0 Å². The summed E-state index contributed by atoms with van der Waals surface area (Å²) in [5, 5.41) is 5.37. The van der Waals surface area contributed by atoms with Crippen LogP contribution in [0.2, 0.25) is 0 Å². The number of piperidine rings is 1. The molecule has 1 fully saturated rings. The maximum Gasteiger partial charge on any atom is 0.348 e. The number of anilines is 1. The normalized spacial score (nSPS) is 16.2. The Bertz CT molecular complexity index is 901. The van der Waals surface area contributed by atoms with Crippen molar-refractivity contribution in [2.24, 2.45) is 5.92 Å². The summed E-state index contributed by atoms with van der Waals surface area (Å²) in [6, 6.07) is 8.47. The summed E-state index contributed by atoms with van der Waals surface area (Å²) in [6.45, 7) is 1.56. The Hall–Kier alpha value is -2.94. The summed E-state index contributed by atoms with van der Waals surface area (Å²) in [5.41, 5.74) is 0.377. The third kappa shape index (κ3) is 5.54. The van der Waals surface area contributed by atoms with Gasteiger partial charge in [0.05, 0.1) is 12.0 Å². The Kier molecular flexibility index (Phi) is 6.82. The minimum Gasteiger partial charge on any atom is -0.465 e. The van der Waals surface area contributed by atoms with Crippen molar-refractivity contribution in [2.75, 3.05) is 32.1 Å². The van der Waals surface area contributed by atoms with Gasteiger partial charge in [0.1, 0.15) is 10.7 Å². The maximum atomic E-state index is 13.2. The van der Waals surface area contributed by atoms with Gasteiger partial charge in [0.25, 0.3) is 5.91 Å². The van der Waals surface area contributed by atoms with Gasteiger partial charge >= 0.3 is 12.0 Å². The number of hydrogen-bond donors (Lipinski definition) is 2. The van der Waals surface area contributed by atoms with Crippen molar-refractivity contribution < 1.29 is 23.5 Å². The number of thiophene rings is 1. The van der Waals surface area contributed by atoms with Crippen LogP contribution in [0.4, 0.5) is 14.9 Å².